The number of nitrogens with one attached hydrogen (secondary N) is 4. The topological polar surface area (TPSA) is 54.6 Å². The normalized spacial score (nSPS) is 24.0. The molecule has 6 nitrogen and oxygen atoms in total. The summed E-state index contributed by atoms with van der Waals surface area (Å²) in [4.78, 5) is 5.12. The zero-order valence-electron chi connectivity index (χ0n) is 18.7. The summed E-state index contributed by atoms with van der Waals surface area (Å²) in [5.74, 6) is 0. The van der Waals surface area contributed by atoms with Crippen molar-refractivity contribution >= 4 is 11.4 Å². The maximum atomic E-state index is 3.67. The van der Waals surface area contributed by atoms with E-state index in [-0.39, 0.29) is 0 Å². The minimum Gasteiger partial charge on any atom is -0.385 e. The van der Waals surface area contributed by atoms with Gasteiger partial charge in [-0.3, -0.25) is 9.80 Å². The molecule has 0 spiro atoms. The Morgan fingerprint density at radius 3 is 1.45 bits per heavy atom. The van der Waals surface area contributed by atoms with Gasteiger partial charge in [0.25, 0.3) is 0 Å². The van der Waals surface area contributed by atoms with Crippen LogP contribution in [-0.2, 0) is 13.1 Å². The first-order chi connectivity index (χ1) is 15.3. The van der Waals surface area contributed by atoms with Crippen LogP contribution in [0.25, 0.3) is 0 Å². The Morgan fingerprint density at radius 2 is 1.00 bits per heavy atom. The summed E-state index contributed by atoms with van der Waals surface area (Å²) in [6.07, 6.45) is 1.09. The van der Waals surface area contributed by atoms with Crippen LogP contribution in [0.5, 0.6) is 0 Å². The second-order valence-electron chi connectivity index (χ2n) is 8.66. The minimum atomic E-state index is 0.974. The van der Waals surface area contributed by atoms with E-state index in [1.54, 1.807) is 0 Å². The average Bonchev–Trinajstić information content (AvgIpc) is 2.77. The van der Waals surface area contributed by atoms with Crippen LogP contribution in [0.1, 0.15) is 17.5 Å². The van der Waals surface area contributed by atoms with E-state index in [0.717, 1.165) is 85.0 Å². The molecule has 0 amide bonds. The summed E-state index contributed by atoms with van der Waals surface area (Å²) in [5.41, 5.74) is 5.21. The van der Waals surface area contributed by atoms with Crippen LogP contribution in [0.15, 0.2) is 48.5 Å². The molecule has 0 aliphatic carbocycles. The van der Waals surface area contributed by atoms with Crippen LogP contribution >= 0.6 is 0 Å². The van der Waals surface area contributed by atoms with Gasteiger partial charge in [-0.2, -0.15) is 0 Å². The van der Waals surface area contributed by atoms with Crippen LogP contribution < -0.4 is 21.3 Å². The standard InChI is InChI=1S/C25H38N6/c1-4-22-18-24(6-1)28-8-3-9-29-25-7-2-5-23(19-25)21-31-16-12-26-10-14-30(20-22)15-11-27-13-17-31/h1-2,4-7,18-19,26-29H,3,8-17,20-21H2. The lowest BCUT2D eigenvalue weighted by Crippen LogP contribution is -2.42. The Balaban J connectivity index is 1.50. The number of fused-ring (bicyclic) bond motifs is 12. The number of hydrogen-bond acceptors (Lipinski definition) is 6. The first-order valence-electron chi connectivity index (χ1n) is 11.9. The molecule has 1 fully saturated rings. The van der Waals surface area contributed by atoms with E-state index < -0.39 is 0 Å². The van der Waals surface area contributed by atoms with E-state index in [1.165, 1.54) is 22.5 Å². The van der Waals surface area contributed by atoms with E-state index >= 15 is 0 Å². The third kappa shape index (κ3) is 7.51. The lowest BCUT2D eigenvalue weighted by molar-refractivity contribution is 0.233. The predicted octanol–water partition coefficient (Wildman–Crippen LogP) is 2.41. The Bertz CT molecular complexity index is 718. The van der Waals surface area contributed by atoms with Gasteiger partial charge in [0.05, 0.1) is 0 Å². The maximum absolute atomic E-state index is 3.67. The first kappa shape index (κ1) is 22.1. The number of nitrogens with zero attached hydrogens (tertiary/aromatic N) is 2. The van der Waals surface area contributed by atoms with E-state index in [0.29, 0.717) is 0 Å². The lowest BCUT2D eigenvalue weighted by Gasteiger charge is -2.27. The molecule has 5 rings (SSSR count). The first-order valence-corrected chi connectivity index (χ1v) is 11.9. The molecule has 6 heteroatoms. The molecule has 4 N–H and O–H groups in total. The van der Waals surface area contributed by atoms with Gasteiger partial charge in [-0.15, -0.1) is 0 Å². The molecule has 168 valence electrons. The highest BCUT2D eigenvalue weighted by Gasteiger charge is 2.11. The molecule has 0 radical (unpaired) electrons. The quantitative estimate of drug-likeness (QED) is 0.523. The van der Waals surface area contributed by atoms with Crippen LogP contribution in [-0.4, -0.2) is 75.2 Å². The van der Waals surface area contributed by atoms with Gasteiger partial charge in [0.2, 0.25) is 0 Å². The van der Waals surface area contributed by atoms with E-state index in [9.17, 15) is 0 Å². The SMILES string of the molecule is c1cc2cc(c1)NCCCNc1cccc(c1)CN1CCNCCN(CCNCC1)C2. The van der Waals surface area contributed by atoms with E-state index in [2.05, 4.69) is 79.6 Å². The van der Waals surface area contributed by atoms with Crippen LogP contribution in [0.3, 0.4) is 0 Å². The second kappa shape index (κ2) is 12.1. The molecule has 0 saturated carbocycles. The van der Waals surface area contributed by atoms with Crippen molar-refractivity contribution in [1.29, 1.82) is 0 Å². The monoisotopic (exact) mass is 422 g/mol. The van der Waals surface area contributed by atoms with Gasteiger partial charge >= 0.3 is 0 Å². The number of anilines is 2. The van der Waals surface area contributed by atoms with Gasteiger partial charge in [-0.1, -0.05) is 24.3 Å². The summed E-state index contributed by atoms with van der Waals surface area (Å²) in [6, 6.07) is 17.8. The minimum absolute atomic E-state index is 0.974. The summed E-state index contributed by atoms with van der Waals surface area (Å²) < 4.78 is 0. The van der Waals surface area contributed by atoms with Crippen molar-refractivity contribution < 1.29 is 0 Å². The molecule has 3 aliphatic rings. The molecule has 6 bridgehead atoms. The molecular formula is C25H38N6. The van der Waals surface area contributed by atoms with Gasteiger partial charge in [-0.25, -0.2) is 0 Å². The van der Waals surface area contributed by atoms with Crippen molar-refractivity contribution in [2.45, 2.75) is 19.5 Å². The fourth-order valence-corrected chi connectivity index (χ4v) is 4.37. The van der Waals surface area contributed by atoms with Crippen molar-refractivity contribution in [2.24, 2.45) is 0 Å². The lowest BCUT2D eigenvalue weighted by atomic mass is 10.1. The fraction of sp³-hybridized carbons (Fsp3) is 0.520. The Kier molecular flexibility index (Phi) is 8.59. The largest absolute Gasteiger partial charge is 0.385 e. The highest BCUT2D eigenvalue weighted by molar-refractivity contribution is 5.47. The summed E-state index contributed by atoms with van der Waals surface area (Å²) >= 11 is 0. The number of hydrogen-bond donors (Lipinski definition) is 4. The molecule has 2 aromatic carbocycles. The zero-order chi connectivity index (χ0) is 21.1. The van der Waals surface area contributed by atoms with Crippen molar-refractivity contribution in [2.75, 3.05) is 76.1 Å². The second-order valence-corrected chi connectivity index (χ2v) is 8.66. The van der Waals surface area contributed by atoms with Crippen molar-refractivity contribution in [3.63, 3.8) is 0 Å². The molecule has 3 aliphatic heterocycles. The third-order valence-electron chi connectivity index (χ3n) is 6.10. The highest BCUT2D eigenvalue weighted by Crippen LogP contribution is 2.15. The smallest absolute Gasteiger partial charge is 0.0343 e. The Hall–Kier alpha value is -2.12. The molecule has 0 aromatic heterocycles. The molecule has 0 unspecified atom stereocenters. The number of rotatable bonds is 0. The molecule has 1 saturated heterocycles. The van der Waals surface area contributed by atoms with Gasteiger partial charge in [0, 0.05) is 89.9 Å². The molecule has 0 atom stereocenters. The fourth-order valence-electron chi connectivity index (χ4n) is 4.37. The summed E-state index contributed by atoms with van der Waals surface area (Å²) in [5, 5.41) is 14.5. The Morgan fingerprint density at radius 1 is 0.548 bits per heavy atom. The highest BCUT2D eigenvalue weighted by atomic mass is 15.2. The summed E-state index contributed by atoms with van der Waals surface area (Å²) in [7, 11) is 0. The molecule has 3 heterocycles. The zero-order valence-corrected chi connectivity index (χ0v) is 18.7. The van der Waals surface area contributed by atoms with Gasteiger partial charge < -0.3 is 21.3 Å². The van der Waals surface area contributed by atoms with Crippen LogP contribution in [0, 0.1) is 0 Å². The molecule has 2 aromatic rings. The van der Waals surface area contributed by atoms with Crippen molar-refractivity contribution in [1.82, 2.24) is 20.4 Å². The van der Waals surface area contributed by atoms with Gasteiger partial charge in [0.15, 0.2) is 0 Å². The average molecular weight is 423 g/mol. The maximum Gasteiger partial charge on any atom is 0.0343 e. The molecule has 31 heavy (non-hydrogen) atoms. The predicted molar refractivity (Wildman–Crippen MR) is 131 cm³/mol. The van der Waals surface area contributed by atoms with E-state index in [1.807, 2.05) is 0 Å². The molecular weight excluding hydrogens is 384 g/mol. The third-order valence-corrected chi connectivity index (χ3v) is 6.10. The Labute approximate surface area is 187 Å². The van der Waals surface area contributed by atoms with Gasteiger partial charge in [-0.05, 0) is 41.8 Å². The van der Waals surface area contributed by atoms with Crippen LogP contribution in [0.2, 0.25) is 0 Å². The number of benzene rings is 2. The summed E-state index contributed by atoms with van der Waals surface area (Å²) in [6.45, 7) is 12.4. The van der Waals surface area contributed by atoms with Crippen LogP contribution in [0.4, 0.5) is 11.4 Å². The van der Waals surface area contributed by atoms with Crippen molar-refractivity contribution in [3.05, 3.63) is 59.7 Å². The van der Waals surface area contributed by atoms with E-state index in [4.69, 9.17) is 0 Å². The van der Waals surface area contributed by atoms with Crippen molar-refractivity contribution in [3.8, 4) is 0 Å². The van der Waals surface area contributed by atoms with Gasteiger partial charge in [0.1, 0.15) is 0 Å².